The van der Waals surface area contributed by atoms with E-state index in [0.29, 0.717) is 9.88 Å². The molecular weight excluding hydrogens is 240 g/mol. The molecule has 1 aromatic rings. The van der Waals surface area contributed by atoms with Crippen molar-refractivity contribution in [2.45, 2.75) is 33.3 Å². The lowest BCUT2D eigenvalue weighted by Crippen LogP contribution is -2.23. The fourth-order valence-corrected chi connectivity index (χ4v) is 2.78. The van der Waals surface area contributed by atoms with Gasteiger partial charge in [-0.3, -0.25) is 10.1 Å². The molecule has 17 heavy (non-hydrogen) atoms. The third kappa shape index (κ3) is 3.17. The number of hydrogen-bond donors (Lipinski definition) is 1. The monoisotopic (exact) mass is 258 g/mol. The Morgan fingerprint density at radius 1 is 1.59 bits per heavy atom. The summed E-state index contributed by atoms with van der Waals surface area (Å²) in [5.41, 5.74) is 0.0983. The molecule has 0 fully saturated rings. The summed E-state index contributed by atoms with van der Waals surface area (Å²) in [4.78, 5) is 13.2. The molecule has 0 bridgehead atoms. The van der Waals surface area contributed by atoms with E-state index in [2.05, 4.69) is 0 Å². The number of thiophene rings is 1. The van der Waals surface area contributed by atoms with Crippen molar-refractivity contribution in [3.63, 3.8) is 0 Å². The molecule has 0 spiro atoms. The molecule has 1 rings (SSSR count). The van der Waals surface area contributed by atoms with Crippen molar-refractivity contribution in [3.05, 3.63) is 21.1 Å². The van der Waals surface area contributed by atoms with Crippen LogP contribution in [0.15, 0.2) is 6.07 Å². The smallest absolute Gasteiger partial charge is 0.304 e. The molecule has 0 saturated carbocycles. The molecule has 1 aromatic heterocycles. The average Bonchev–Trinajstić information content (AvgIpc) is 2.70. The van der Waals surface area contributed by atoms with Crippen LogP contribution < -0.4 is 4.90 Å². The fraction of sp³-hybridized carbons (Fsp3) is 0.636. The minimum Gasteiger partial charge on any atom is -0.388 e. The van der Waals surface area contributed by atoms with Crippen LogP contribution in [0.25, 0.3) is 0 Å². The first-order valence-electron chi connectivity index (χ1n) is 5.72. The Bertz CT molecular complexity index is 390. The van der Waals surface area contributed by atoms with Gasteiger partial charge in [0.2, 0.25) is 0 Å². The Kier molecular flexibility index (Phi) is 4.89. The van der Waals surface area contributed by atoms with Crippen LogP contribution >= 0.6 is 11.3 Å². The lowest BCUT2D eigenvalue weighted by atomic mass is 10.3. The third-order valence-electron chi connectivity index (χ3n) is 2.48. The topological polar surface area (TPSA) is 66.6 Å². The van der Waals surface area contributed by atoms with E-state index >= 15 is 0 Å². The Morgan fingerprint density at radius 2 is 2.24 bits per heavy atom. The van der Waals surface area contributed by atoms with E-state index in [9.17, 15) is 15.2 Å². The summed E-state index contributed by atoms with van der Waals surface area (Å²) >= 11 is 1.30. The number of aliphatic hydroxyl groups excluding tert-OH is 1. The standard InChI is InChI=1S/C11H18N2O3S/c1-4-6-12(5-2)11-9(13(15)16)7-10(17-11)8(3)14/h7-8,14H,4-6H2,1-3H3. The molecule has 1 unspecified atom stereocenters. The maximum Gasteiger partial charge on any atom is 0.304 e. The maximum absolute atomic E-state index is 11.0. The van der Waals surface area contributed by atoms with E-state index in [1.807, 2.05) is 18.7 Å². The maximum atomic E-state index is 11.0. The second-order valence-electron chi connectivity index (χ2n) is 3.85. The van der Waals surface area contributed by atoms with Crippen molar-refractivity contribution in [1.82, 2.24) is 0 Å². The van der Waals surface area contributed by atoms with Gasteiger partial charge in [0.05, 0.1) is 11.0 Å². The van der Waals surface area contributed by atoms with Crippen LogP contribution in [0.4, 0.5) is 10.7 Å². The molecule has 1 N–H and O–H groups in total. The molecule has 0 saturated heterocycles. The van der Waals surface area contributed by atoms with E-state index in [1.165, 1.54) is 17.4 Å². The Labute approximate surface area is 105 Å². The minimum absolute atomic E-state index is 0.0983. The van der Waals surface area contributed by atoms with E-state index in [4.69, 9.17) is 0 Å². The zero-order valence-corrected chi connectivity index (χ0v) is 11.2. The molecule has 0 aromatic carbocycles. The molecule has 0 aliphatic rings. The van der Waals surface area contributed by atoms with Gasteiger partial charge in [0.15, 0.2) is 5.00 Å². The van der Waals surface area contributed by atoms with E-state index < -0.39 is 6.10 Å². The van der Waals surface area contributed by atoms with Gasteiger partial charge in [0.1, 0.15) is 0 Å². The lowest BCUT2D eigenvalue weighted by Gasteiger charge is -2.19. The molecule has 1 heterocycles. The van der Waals surface area contributed by atoms with Crippen molar-refractivity contribution in [1.29, 1.82) is 0 Å². The molecule has 0 radical (unpaired) electrons. The minimum atomic E-state index is -0.659. The first-order valence-corrected chi connectivity index (χ1v) is 6.54. The van der Waals surface area contributed by atoms with Crippen molar-refractivity contribution in [2.24, 2.45) is 0 Å². The van der Waals surface area contributed by atoms with Gasteiger partial charge in [0.25, 0.3) is 0 Å². The Balaban J connectivity index is 3.14. The van der Waals surface area contributed by atoms with Gasteiger partial charge in [0, 0.05) is 24.0 Å². The first-order chi connectivity index (χ1) is 8.01. The second-order valence-corrected chi connectivity index (χ2v) is 4.91. The van der Waals surface area contributed by atoms with E-state index in [0.717, 1.165) is 19.5 Å². The summed E-state index contributed by atoms with van der Waals surface area (Å²) in [6, 6.07) is 1.48. The SMILES string of the molecule is CCCN(CC)c1sc(C(C)O)cc1[N+](=O)[O-]. The number of rotatable bonds is 6. The van der Waals surface area contributed by atoms with Gasteiger partial charge in [-0.25, -0.2) is 0 Å². The molecule has 0 aliphatic heterocycles. The van der Waals surface area contributed by atoms with Crippen molar-refractivity contribution in [2.75, 3.05) is 18.0 Å². The number of nitrogens with zero attached hydrogens (tertiary/aromatic N) is 2. The average molecular weight is 258 g/mol. The number of anilines is 1. The molecular formula is C11H18N2O3S. The lowest BCUT2D eigenvalue weighted by molar-refractivity contribution is -0.383. The van der Waals surface area contributed by atoms with Gasteiger partial charge in [-0.2, -0.15) is 0 Å². The second kappa shape index (κ2) is 5.97. The molecule has 6 heteroatoms. The van der Waals surface area contributed by atoms with Crippen LogP contribution in [0.2, 0.25) is 0 Å². The van der Waals surface area contributed by atoms with Crippen LogP contribution in [-0.2, 0) is 0 Å². The first kappa shape index (κ1) is 13.9. The quantitative estimate of drug-likeness (QED) is 0.629. The van der Waals surface area contributed by atoms with Gasteiger partial charge < -0.3 is 10.0 Å². The predicted octanol–water partition coefficient (Wildman–Crippen LogP) is 2.95. The number of hydrogen-bond acceptors (Lipinski definition) is 5. The van der Waals surface area contributed by atoms with Crippen LogP contribution in [-0.4, -0.2) is 23.1 Å². The fourth-order valence-electron chi connectivity index (χ4n) is 1.63. The summed E-state index contributed by atoms with van der Waals surface area (Å²) in [5, 5.41) is 21.1. The zero-order chi connectivity index (χ0) is 13.0. The molecule has 0 aliphatic carbocycles. The van der Waals surface area contributed by atoms with E-state index in [-0.39, 0.29) is 10.6 Å². The largest absolute Gasteiger partial charge is 0.388 e. The van der Waals surface area contributed by atoms with Crippen LogP contribution in [0.1, 0.15) is 38.2 Å². The van der Waals surface area contributed by atoms with Gasteiger partial charge in [-0.05, 0) is 20.3 Å². The highest BCUT2D eigenvalue weighted by Gasteiger charge is 2.24. The summed E-state index contributed by atoms with van der Waals surface area (Å²) in [7, 11) is 0. The number of aliphatic hydroxyl groups is 1. The molecule has 0 amide bonds. The normalized spacial score (nSPS) is 12.5. The Hall–Kier alpha value is -1.14. The molecule has 96 valence electrons. The van der Waals surface area contributed by atoms with Gasteiger partial charge >= 0.3 is 5.69 Å². The number of nitro groups is 1. The highest BCUT2D eigenvalue weighted by Crippen LogP contribution is 2.40. The van der Waals surface area contributed by atoms with Gasteiger partial charge in [-0.15, -0.1) is 11.3 Å². The molecule has 1 atom stereocenters. The van der Waals surface area contributed by atoms with Crippen molar-refractivity contribution in [3.8, 4) is 0 Å². The molecule has 5 nitrogen and oxygen atoms in total. The van der Waals surface area contributed by atoms with Crippen molar-refractivity contribution >= 4 is 22.0 Å². The highest BCUT2D eigenvalue weighted by molar-refractivity contribution is 7.16. The van der Waals surface area contributed by atoms with Crippen molar-refractivity contribution < 1.29 is 10.0 Å². The van der Waals surface area contributed by atoms with Gasteiger partial charge in [-0.1, -0.05) is 6.92 Å². The van der Waals surface area contributed by atoms with Crippen LogP contribution in [0.5, 0.6) is 0 Å². The summed E-state index contributed by atoms with van der Waals surface area (Å²) in [6.45, 7) is 7.15. The predicted molar refractivity (Wildman–Crippen MR) is 69.8 cm³/mol. The zero-order valence-electron chi connectivity index (χ0n) is 10.3. The highest BCUT2D eigenvalue weighted by atomic mass is 32.1. The summed E-state index contributed by atoms with van der Waals surface area (Å²) in [6.07, 6.45) is 0.278. The summed E-state index contributed by atoms with van der Waals surface area (Å²) < 4.78 is 0. The third-order valence-corrected chi connectivity index (χ3v) is 3.84. The van der Waals surface area contributed by atoms with Crippen LogP contribution in [0.3, 0.4) is 0 Å². The Morgan fingerprint density at radius 3 is 2.65 bits per heavy atom. The van der Waals surface area contributed by atoms with Crippen LogP contribution in [0, 0.1) is 10.1 Å². The van der Waals surface area contributed by atoms with E-state index in [1.54, 1.807) is 6.92 Å². The summed E-state index contributed by atoms with van der Waals surface area (Å²) in [5.74, 6) is 0.